The molecule has 2 aromatic heterocycles. The van der Waals surface area contributed by atoms with Crippen molar-refractivity contribution in [2.24, 2.45) is 0 Å². The zero-order valence-electron chi connectivity index (χ0n) is 20.4. The van der Waals surface area contributed by atoms with Gasteiger partial charge in [-0.1, -0.05) is 18.2 Å². The molecule has 200 valence electrons. The molecule has 0 aliphatic heterocycles. The Labute approximate surface area is 219 Å². The summed E-state index contributed by atoms with van der Waals surface area (Å²) < 4.78 is 83.0. The van der Waals surface area contributed by atoms with Crippen molar-refractivity contribution in [2.45, 2.75) is 31.0 Å². The molecule has 0 saturated heterocycles. The number of ether oxygens (including phenoxy) is 1. The van der Waals surface area contributed by atoms with Crippen LogP contribution in [0.5, 0.6) is 5.75 Å². The number of nitrogens with zero attached hydrogens (tertiary/aromatic N) is 2. The molecule has 12 heteroatoms. The van der Waals surface area contributed by atoms with Crippen molar-refractivity contribution in [1.29, 1.82) is 5.26 Å². The summed E-state index contributed by atoms with van der Waals surface area (Å²) in [5.74, 6) is -0.327. The van der Waals surface area contributed by atoms with Crippen LogP contribution in [0.1, 0.15) is 25.5 Å². The molecule has 0 radical (unpaired) electrons. The highest BCUT2D eigenvalue weighted by molar-refractivity contribution is 7.86. The predicted octanol–water partition coefficient (Wildman–Crippen LogP) is 6.35. The first-order chi connectivity index (χ1) is 18.3. The number of pyridine rings is 1. The zero-order chi connectivity index (χ0) is 28.3. The van der Waals surface area contributed by atoms with E-state index in [4.69, 9.17) is 4.74 Å². The van der Waals surface area contributed by atoms with Gasteiger partial charge >= 0.3 is 16.4 Å². The highest BCUT2D eigenvalue weighted by Crippen LogP contribution is 2.38. The third-order valence-corrected chi connectivity index (χ3v) is 7.13. The van der Waals surface area contributed by atoms with Gasteiger partial charge in [0.2, 0.25) is 0 Å². The van der Waals surface area contributed by atoms with Gasteiger partial charge in [-0.25, -0.2) is 0 Å². The summed E-state index contributed by atoms with van der Waals surface area (Å²) in [4.78, 5) is 16.3. The van der Waals surface area contributed by atoms with Crippen molar-refractivity contribution in [3.63, 3.8) is 0 Å². The molecule has 0 unspecified atom stereocenters. The zero-order valence-corrected chi connectivity index (χ0v) is 21.2. The van der Waals surface area contributed by atoms with Crippen LogP contribution in [0, 0.1) is 11.3 Å². The minimum absolute atomic E-state index is 0.0354. The Kier molecular flexibility index (Phi) is 6.14. The molecule has 0 atom stereocenters. The number of halogens is 4. The van der Waals surface area contributed by atoms with Crippen LogP contribution in [0.2, 0.25) is 0 Å². The van der Waals surface area contributed by atoms with Gasteiger partial charge in [-0.2, -0.15) is 26.9 Å². The summed E-state index contributed by atoms with van der Waals surface area (Å²) in [6, 6.07) is 13.8. The molecule has 0 fully saturated rings. The van der Waals surface area contributed by atoms with Gasteiger partial charge in [0.1, 0.15) is 11.4 Å². The summed E-state index contributed by atoms with van der Waals surface area (Å²) in [6.45, 7) is 2.02. The molecule has 5 rings (SSSR count). The SMILES string of the molecule is CC(C)n1c2cc(-c3cccc(S(=O)(=O)F)c3)c(OCC(F)(F)F)cc2c(=O)c2c3ccc(C#N)cc3[nH]c21. The highest BCUT2D eigenvalue weighted by atomic mass is 32.3. The standard InChI is InChI=1S/C27H19F4N3O4S/c1-14(2)34-22-10-19(16-4-3-5-17(9-16)39(31,36)37)23(38-13-27(28,29)30)11-20(22)25(35)24-18-7-6-15(12-32)8-21(18)33-26(24)34/h3-11,14,33H,13H2,1-2H3. The molecule has 0 amide bonds. The van der Waals surface area contributed by atoms with E-state index >= 15 is 0 Å². The molecule has 0 aliphatic rings. The van der Waals surface area contributed by atoms with Crippen LogP contribution >= 0.6 is 0 Å². The Morgan fingerprint density at radius 2 is 1.82 bits per heavy atom. The van der Waals surface area contributed by atoms with Gasteiger partial charge < -0.3 is 14.3 Å². The quantitative estimate of drug-likeness (QED) is 0.200. The molecule has 0 aliphatic carbocycles. The number of alkyl halides is 3. The second kappa shape index (κ2) is 9.13. The average molecular weight is 558 g/mol. The normalized spacial score (nSPS) is 12.5. The Morgan fingerprint density at radius 3 is 2.46 bits per heavy atom. The fourth-order valence-electron chi connectivity index (χ4n) is 4.72. The molecule has 0 spiro atoms. The second-order valence-electron chi connectivity index (χ2n) is 9.25. The highest BCUT2D eigenvalue weighted by Gasteiger charge is 2.30. The topological polar surface area (TPSA) is 105 Å². The van der Waals surface area contributed by atoms with E-state index in [1.807, 2.05) is 19.9 Å². The van der Waals surface area contributed by atoms with Crippen LogP contribution in [-0.2, 0) is 10.2 Å². The number of nitriles is 1. The van der Waals surface area contributed by atoms with Crippen molar-refractivity contribution >= 4 is 43.1 Å². The lowest BCUT2D eigenvalue weighted by Gasteiger charge is -2.20. The summed E-state index contributed by atoms with van der Waals surface area (Å²) in [5.41, 5.74) is 1.30. The fraction of sp³-hybridized carbons (Fsp3) is 0.185. The van der Waals surface area contributed by atoms with Crippen molar-refractivity contribution < 1.29 is 30.2 Å². The molecule has 3 aromatic carbocycles. The minimum atomic E-state index is -5.11. The molecule has 2 heterocycles. The molecular formula is C27H19F4N3O4S. The van der Waals surface area contributed by atoms with Gasteiger partial charge in [0.25, 0.3) is 0 Å². The third kappa shape index (κ3) is 4.70. The molecular weight excluding hydrogens is 538 g/mol. The average Bonchev–Trinajstić information content (AvgIpc) is 3.24. The lowest BCUT2D eigenvalue weighted by atomic mass is 10.0. The van der Waals surface area contributed by atoms with E-state index in [9.17, 15) is 35.5 Å². The number of benzene rings is 3. The first-order valence-corrected chi connectivity index (χ1v) is 13.0. The maximum atomic E-state index is 13.8. The summed E-state index contributed by atoms with van der Waals surface area (Å²) >= 11 is 0. The minimum Gasteiger partial charge on any atom is -0.483 e. The van der Waals surface area contributed by atoms with Gasteiger partial charge in [0.15, 0.2) is 12.0 Å². The van der Waals surface area contributed by atoms with Crippen LogP contribution in [0.15, 0.2) is 64.3 Å². The van der Waals surface area contributed by atoms with E-state index in [1.54, 1.807) is 22.8 Å². The number of nitrogens with one attached hydrogen (secondary N) is 1. The van der Waals surface area contributed by atoms with Crippen LogP contribution in [0.25, 0.3) is 44.0 Å². The number of aromatic nitrogens is 2. The maximum Gasteiger partial charge on any atom is 0.422 e. The van der Waals surface area contributed by atoms with Crippen LogP contribution < -0.4 is 10.2 Å². The summed E-state index contributed by atoms with van der Waals surface area (Å²) in [5, 5.41) is 10.2. The second-order valence-corrected chi connectivity index (χ2v) is 10.6. The lowest BCUT2D eigenvalue weighted by molar-refractivity contribution is -0.153. The van der Waals surface area contributed by atoms with Gasteiger partial charge in [-0.3, -0.25) is 4.79 Å². The van der Waals surface area contributed by atoms with Gasteiger partial charge in [0, 0.05) is 22.5 Å². The van der Waals surface area contributed by atoms with E-state index in [1.165, 1.54) is 24.3 Å². The number of aromatic amines is 1. The summed E-state index contributed by atoms with van der Waals surface area (Å²) in [6.07, 6.45) is -4.70. The molecule has 0 saturated carbocycles. The predicted molar refractivity (Wildman–Crippen MR) is 138 cm³/mol. The van der Waals surface area contributed by atoms with Crippen molar-refractivity contribution in [3.05, 3.63) is 70.4 Å². The summed E-state index contributed by atoms with van der Waals surface area (Å²) in [7, 11) is -5.11. The van der Waals surface area contributed by atoms with Crippen LogP contribution in [0.4, 0.5) is 17.1 Å². The first-order valence-electron chi connectivity index (χ1n) is 11.6. The third-order valence-electron chi connectivity index (χ3n) is 6.31. The Balaban J connectivity index is 1.91. The van der Waals surface area contributed by atoms with Gasteiger partial charge in [-0.05, 0) is 55.8 Å². The Hall–Kier alpha value is -4.37. The van der Waals surface area contributed by atoms with E-state index in [0.29, 0.717) is 27.6 Å². The van der Waals surface area contributed by atoms with E-state index < -0.39 is 33.3 Å². The first kappa shape index (κ1) is 26.2. The number of hydrogen-bond donors (Lipinski definition) is 1. The smallest absolute Gasteiger partial charge is 0.422 e. The van der Waals surface area contributed by atoms with E-state index in [0.717, 1.165) is 12.1 Å². The maximum absolute atomic E-state index is 13.8. The number of H-pyrrole nitrogens is 1. The lowest BCUT2D eigenvalue weighted by Crippen LogP contribution is -2.20. The van der Waals surface area contributed by atoms with Gasteiger partial charge in [0.05, 0.1) is 32.8 Å². The molecule has 39 heavy (non-hydrogen) atoms. The molecule has 0 bridgehead atoms. The number of hydrogen-bond acceptors (Lipinski definition) is 5. The van der Waals surface area contributed by atoms with Crippen molar-refractivity contribution in [2.75, 3.05) is 6.61 Å². The van der Waals surface area contributed by atoms with Gasteiger partial charge in [-0.15, -0.1) is 3.89 Å². The largest absolute Gasteiger partial charge is 0.483 e. The number of rotatable bonds is 5. The Morgan fingerprint density at radius 1 is 1.08 bits per heavy atom. The molecule has 5 aromatic rings. The van der Waals surface area contributed by atoms with Crippen molar-refractivity contribution in [3.8, 4) is 22.9 Å². The number of fused-ring (bicyclic) bond motifs is 4. The van der Waals surface area contributed by atoms with E-state index in [2.05, 4.69) is 4.98 Å². The molecule has 1 N–H and O–H groups in total. The molecule has 7 nitrogen and oxygen atoms in total. The Bertz CT molecular complexity index is 2000. The van der Waals surface area contributed by atoms with Crippen LogP contribution in [-0.4, -0.2) is 30.8 Å². The van der Waals surface area contributed by atoms with E-state index in [-0.39, 0.29) is 33.7 Å². The fourth-order valence-corrected chi connectivity index (χ4v) is 5.23. The monoisotopic (exact) mass is 557 g/mol. The van der Waals surface area contributed by atoms with Crippen molar-refractivity contribution in [1.82, 2.24) is 9.55 Å². The van der Waals surface area contributed by atoms with Crippen LogP contribution in [0.3, 0.4) is 0 Å².